The lowest BCUT2D eigenvalue weighted by molar-refractivity contribution is -0.130. The third-order valence-corrected chi connectivity index (χ3v) is 3.82. The van der Waals surface area contributed by atoms with Gasteiger partial charge in [0.25, 0.3) is 0 Å². The molecule has 1 aromatic rings. The quantitative estimate of drug-likeness (QED) is 0.821. The van der Waals surface area contributed by atoms with E-state index in [9.17, 15) is 4.79 Å². The molecule has 0 aliphatic carbocycles. The van der Waals surface area contributed by atoms with Crippen LogP contribution < -0.4 is 5.32 Å². The molecule has 0 unspecified atom stereocenters. The molecule has 0 aromatic heterocycles. The van der Waals surface area contributed by atoms with Gasteiger partial charge in [-0.25, -0.2) is 0 Å². The van der Waals surface area contributed by atoms with E-state index in [1.54, 1.807) is 9.80 Å². The Morgan fingerprint density at radius 2 is 2.00 bits per heavy atom. The minimum Gasteiger partial charge on any atom is -0.343 e. The fourth-order valence-corrected chi connectivity index (χ4v) is 2.32. The molecule has 0 aliphatic heterocycles. The van der Waals surface area contributed by atoms with Crippen LogP contribution in [0.1, 0.15) is 13.8 Å². The van der Waals surface area contributed by atoms with Gasteiger partial charge in [-0.3, -0.25) is 4.79 Å². The van der Waals surface area contributed by atoms with Gasteiger partial charge < -0.3 is 15.1 Å². The molecule has 0 radical (unpaired) electrons. The summed E-state index contributed by atoms with van der Waals surface area (Å²) in [6.45, 7) is 5.66. The molecule has 1 rings (SSSR count). The molecule has 0 spiro atoms. The van der Waals surface area contributed by atoms with Crippen molar-refractivity contribution in [3.8, 4) is 0 Å². The second-order valence-electron chi connectivity index (χ2n) is 4.36. The summed E-state index contributed by atoms with van der Waals surface area (Å²) in [6.07, 6.45) is 0. The maximum absolute atomic E-state index is 12.0. The van der Waals surface area contributed by atoms with Gasteiger partial charge in [-0.15, -0.1) is 0 Å². The lowest BCUT2D eigenvalue weighted by Gasteiger charge is -2.25. The average Bonchev–Trinajstić information content (AvgIpc) is 2.40. The normalized spacial score (nSPS) is 10.0. The lowest BCUT2D eigenvalue weighted by Crippen LogP contribution is -2.42. The van der Waals surface area contributed by atoms with Crippen LogP contribution >= 0.6 is 28.1 Å². The summed E-state index contributed by atoms with van der Waals surface area (Å²) in [6, 6.07) is 7.74. The van der Waals surface area contributed by atoms with Crippen LogP contribution in [-0.4, -0.2) is 47.5 Å². The molecule has 110 valence electrons. The molecule has 0 fully saturated rings. The fraction of sp³-hybridized carbons (Fsp3) is 0.429. The first-order valence-electron chi connectivity index (χ1n) is 6.53. The minimum absolute atomic E-state index is 0.0795. The van der Waals surface area contributed by atoms with Crippen molar-refractivity contribution in [3.05, 3.63) is 28.7 Å². The van der Waals surface area contributed by atoms with E-state index in [4.69, 9.17) is 12.2 Å². The monoisotopic (exact) mass is 357 g/mol. The van der Waals surface area contributed by atoms with Gasteiger partial charge in [0.2, 0.25) is 5.91 Å². The number of anilines is 1. The molecule has 6 heteroatoms. The molecule has 4 nitrogen and oxygen atoms in total. The Balaban J connectivity index is 2.57. The standard InChI is InChI=1S/C14H20BrN3OS/c1-4-18(5-2)13(19)10-17(3)14(20)16-12-8-6-7-11(15)9-12/h6-9H,4-5,10H2,1-3H3,(H,16,20). The molecule has 0 atom stereocenters. The number of carbonyl (C=O) groups excluding carboxylic acids is 1. The molecule has 1 N–H and O–H groups in total. The molecular formula is C14H20BrN3OS. The lowest BCUT2D eigenvalue weighted by atomic mass is 10.3. The molecular weight excluding hydrogens is 338 g/mol. The Bertz CT molecular complexity index is 477. The number of halogens is 1. The van der Waals surface area contributed by atoms with Crippen LogP contribution in [0.25, 0.3) is 0 Å². The Morgan fingerprint density at radius 3 is 2.55 bits per heavy atom. The maximum atomic E-state index is 12.0. The third kappa shape index (κ3) is 5.09. The highest BCUT2D eigenvalue weighted by atomic mass is 79.9. The van der Waals surface area contributed by atoms with Crippen molar-refractivity contribution in [2.75, 3.05) is 32.0 Å². The van der Waals surface area contributed by atoms with E-state index >= 15 is 0 Å². The Morgan fingerprint density at radius 1 is 1.35 bits per heavy atom. The first-order chi connectivity index (χ1) is 9.47. The molecule has 0 saturated carbocycles. The Labute approximate surface area is 134 Å². The topological polar surface area (TPSA) is 35.6 Å². The second-order valence-corrected chi connectivity index (χ2v) is 5.66. The van der Waals surface area contributed by atoms with Gasteiger partial charge in [-0.2, -0.15) is 0 Å². The van der Waals surface area contributed by atoms with Crippen molar-refractivity contribution < 1.29 is 4.79 Å². The van der Waals surface area contributed by atoms with Crippen LogP contribution in [0.3, 0.4) is 0 Å². The van der Waals surface area contributed by atoms with E-state index in [0.29, 0.717) is 5.11 Å². The number of nitrogens with zero attached hydrogens (tertiary/aromatic N) is 2. The van der Waals surface area contributed by atoms with E-state index in [2.05, 4.69) is 21.2 Å². The number of likely N-dealkylation sites (N-methyl/N-ethyl adjacent to an activating group) is 2. The summed E-state index contributed by atoms with van der Waals surface area (Å²) in [4.78, 5) is 15.6. The second kappa shape index (κ2) is 8.21. The number of carbonyl (C=O) groups is 1. The summed E-state index contributed by atoms with van der Waals surface area (Å²) in [5, 5.41) is 3.65. The minimum atomic E-state index is 0.0795. The van der Waals surface area contributed by atoms with Crippen molar-refractivity contribution in [2.24, 2.45) is 0 Å². The van der Waals surface area contributed by atoms with Gasteiger partial charge in [0.1, 0.15) is 0 Å². The molecule has 0 bridgehead atoms. The number of benzene rings is 1. The van der Waals surface area contributed by atoms with Crippen LogP contribution in [-0.2, 0) is 4.79 Å². The summed E-state index contributed by atoms with van der Waals surface area (Å²) in [7, 11) is 1.81. The highest BCUT2D eigenvalue weighted by molar-refractivity contribution is 9.10. The molecule has 1 aromatic carbocycles. The van der Waals surface area contributed by atoms with Gasteiger partial charge in [0.15, 0.2) is 5.11 Å². The zero-order valence-electron chi connectivity index (χ0n) is 12.0. The van der Waals surface area contributed by atoms with Gasteiger partial charge in [0, 0.05) is 30.3 Å². The van der Waals surface area contributed by atoms with E-state index in [1.807, 2.05) is 45.2 Å². The number of nitrogens with one attached hydrogen (secondary N) is 1. The third-order valence-electron chi connectivity index (χ3n) is 2.91. The molecule has 0 heterocycles. The summed E-state index contributed by atoms with van der Waals surface area (Å²) in [5.41, 5.74) is 0.895. The summed E-state index contributed by atoms with van der Waals surface area (Å²) in [5.74, 6) is 0.0795. The zero-order valence-corrected chi connectivity index (χ0v) is 14.4. The molecule has 0 aliphatic rings. The van der Waals surface area contributed by atoms with E-state index in [0.717, 1.165) is 23.2 Å². The van der Waals surface area contributed by atoms with Gasteiger partial charge in [0.05, 0.1) is 6.54 Å². The predicted molar refractivity (Wildman–Crippen MR) is 90.9 cm³/mol. The molecule has 0 saturated heterocycles. The largest absolute Gasteiger partial charge is 0.343 e. The van der Waals surface area contributed by atoms with Crippen LogP contribution in [0.4, 0.5) is 5.69 Å². The highest BCUT2D eigenvalue weighted by Crippen LogP contribution is 2.15. The SMILES string of the molecule is CCN(CC)C(=O)CN(C)C(=S)Nc1cccc(Br)c1. The van der Waals surface area contributed by atoms with Gasteiger partial charge >= 0.3 is 0 Å². The molecule has 20 heavy (non-hydrogen) atoms. The number of thiocarbonyl (C=S) groups is 1. The Hall–Kier alpha value is -1.14. The van der Waals surface area contributed by atoms with Crippen LogP contribution in [0.2, 0.25) is 0 Å². The summed E-state index contributed by atoms with van der Waals surface area (Å²) >= 11 is 8.72. The van der Waals surface area contributed by atoms with Crippen molar-refractivity contribution in [1.29, 1.82) is 0 Å². The number of amides is 1. The van der Waals surface area contributed by atoms with Crippen molar-refractivity contribution in [2.45, 2.75) is 13.8 Å². The summed E-state index contributed by atoms with van der Waals surface area (Å²) < 4.78 is 0.979. The van der Waals surface area contributed by atoms with Gasteiger partial charge in [-0.1, -0.05) is 22.0 Å². The van der Waals surface area contributed by atoms with E-state index in [1.165, 1.54) is 0 Å². The van der Waals surface area contributed by atoms with E-state index in [-0.39, 0.29) is 12.5 Å². The first-order valence-corrected chi connectivity index (χ1v) is 7.73. The van der Waals surface area contributed by atoms with Crippen LogP contribution in [0, 0.1) is 0 Å². The van der Waals surface area contributed by atoms with Crippen molar-refractivity contribution in [3.63, 3.8) is 0 Å². The predicted octanol–water partition coefficient (Wildman–Crippen LogP) is 2.95. The zero-order chi connectivity index (χ0) is 15.1. The number of hydrogen-bond acceptors (Lipinski definition) is 2. The van der Waals surface area contributed by atoms with Gasteiger partial charge in [-0.05, 0) is 44.3 Å². The van der Waals surface area contributed by atoms with E-state index < -0.39 is 0 Å². The molecule has 1 amide bonds. The number of rotatable bonds is 5. The average molecular weight is 358 g/mol. The van der Waals surface area contributed by atoms with Crippen molar-refractivity contribution in [1.82, 2.24) is 9.80 Å². The van der Waals surface area contributed by atoms with Crippen LogP contribution in [0.15, 0.2) is 28.7 Å². The Kier molecular flexibility index (Phi) is 6.95. The van der Waals surface area contributed by atoms with Crippen molar-refractivity contribution >= 4 is 44.9 Å². The fourth-order valence-electron chi connectivity index (χ4n) is 1.74. The maximum Gasteiger partial charge on any atom is 0.242 e. The number of hydrogen-bond donors (Lipinski definition) is 1. The smallest absolute Gasteiger partial charge is 0.242 e. The van der Waals surface area contributed by atoms with Crippen LogP contribution in [0.5, 0.6) is 0 Å². The highest BCUT2D eigenvalue weighted by Gasteiger charge is 2.14. The first kappa shape index (κ1) is 16.9.